The molecule has 4 nitrogen and oxygen atoms in total. The third-order valence-electron chi connectivity index (χ3n) is 3.04. The molecule has 1 aromatic rings. The van der Waals surface area contributed by atoms with Crippen molar-refractivity contribution in [2.75, 3.05) is 13.6 Å². The molecule has 100 valence electrons. The Balaban J connectivity index is 2.47. The molecule has 0 aromatic heterocycles. The minimum Gasteiger partial charge on any atom is -0.508 e. The van der Waals surface area contributed by atoms with Gasteiger partial charge in [-0.2, -0.15) is 0 Å². The van der Waals surface area contributed by atoms with Crippen LogP contribution >= 0.6 is 0 Å². The Morgan fingerprint density at radius 3 is 2.72 bits per heavy atom. The van der Waals surface area contributed by atoms with E-state index in [2.05, 4.69) is 19.2 Å². The van der Waals surface area contributed by atoms with E-state index in [4.69, 9.17) is 0 Å². The number of likely N-dealkylation sites (N-methyl/N-ethyl adjacent to an activating group) is 1. The molecule has 0 spiro atoms. The van der Waals surface area contributed by atoms with Crippen molar-refractivity contribution in [3.05, 3.63) is 29.8 Å². The van der Waals surface area contributed by atoms with Gasteiger partial charge in [-0.25, -0.2) is 0 Å². The summed E-state index contributed by atoms with van der Waals surface area (Å²) in [4.78, 5) is 13.5. The highest BCUT2D eigenvalue weighted by molar-refractivity contribution is 5.78. The molecule has 4 heteroatoms. The normalized spacial score (nSPS) is 12.2. The number of nitrogens with zero attached hydrogens (tertiary/aromatic N) is 1. The van der Waals surface area contributed by atoms with Crippen LogP contribution in [0.25, 0.3) is 0 Å². The minimum atomic E-state index is 0.0264. The van der Waals surface area contributed by atoms with E-state index >= 15 is 0 Å². The van der Waals surface area contributed by atoms with Crippen LogP contribution in [-0.2, 0) is 11.3 Å². The Bertz CT molecular complexity index is 393. The van der Waals surface area contributed by atoms with E-state index in [1.165, 1.54) is 0 Å². The Kier molecular flexibility index (Phi) is 5.65. The summed E-state index contributed by atoms with van der Waals surface area (Å²) in [7, 11) is 1.74. The summed E-state index contributed by atoms with van der Waals surface area (Å²) in [5, 5.41) is 12.8. The molecule has 18 heavy (non-hydrogen) atoms. The van der Waals surface area contributed by atoms with Gasteiger partial charge in [0.1, 0.15) is 5.75 Å². The summed E-state index contributed by atoms with van der Waals surface area (Å²) in [6.07, 6.45) is 0.996. The zero-order valence-electron chi connectivity index (χ0n) is 11.3. The number of nitrogens with one attached hydrogen (secondary N) is 1. The van der Waals surface area contributed by atoms with E-state index in [0.29, 0.717) is 19.1 Å². The number of phenolic OH excluding ortho intramolecular Hbond substituents is 1. The van der Waals surface area contributed by atoms with Crippen molar-refractivity contribution >= 4 is 5.91 Å². The van der Waals surface area contributed by atoms with Crippen LogP contribution in [0.1, 0.15) is 25.8 Å². The Morgan fingerprint density at radius 2 is 2.11 bits per heavy atom. The van der Waals surface area contributed by atoms with Crippen LogP contribution in [0.5, 0.6) is 5.75 Å². The van der Waals surface area contributed by atoms with Gasteiger partial charge in [0.2, 0.25) is 5.91 Å². The van der Waals surface area contributed by atoms with Crippen LogP contribution < -0.4 is 5.32 Å². The lowest BCUT2D eigenvalue weighted by molar-refractivity contribution is -0.129. The number of carbonyl (C=O) groups is 1. The molecule has 1 aromatic carbocycles. The maximum atomic E-state index is 11.9. The molecule has 0 aliphatic carbocycles. The highest BCUT2D eigenvalue weighted by atomic mass is 16.3. The molecule has 1 amide bonds. The summed E-state index contributed by atoms with van der Waals surface area (Å²) >= 11 is 0. The van der Waals surface area contributed by atoms with Gasteiger partial charge >= 0.3 is 0 Å². The lowest BCUT2D eigenvalue weighted by Crippen LogP contribution is -2.38. The zero-order chi connectivity index (χ0) is 13.5. The van der Waals surface area contributed by atoms with Gasteiger partial charge in [0, 0.05) is 25.2 Å². The zero-order valence-corrected chi connectivity index (χ0v) is 11.3. The van der Waals surface area contributed by atoms with Crippen molar-refractivity contribution in [1.29, 1.82) is 0 Å². The van der Waals surface area contributed by atoms with Gasteiger partial charge in [0.15, 0.2) is 0 Å². The van der Waals surface area contributed by atoms with Crippen molar-refractivity contribution in [2.45, 2.75) is 32.9 Å². The third-order valence-corrected chi connectivity index (χ3v) is 3.04. The topological polar surface area (TPSA) is 52.6 Å². The van der Waals surface area contributed by atoms with Gasteiger partial charge in [-0.15, -0.1) is 0 Å². The molecular formula is C14H22N2O2. The second kappa shape index (κ2) is 7.01. The van der Waals surface area contributed by atoms with Crippen molar-refractivity contribution in [3.63, 3.8) is 0 Å². The number of hydrogen-bond acceptors (Lipinski definition) is 3. The highest BCUT2D eigenvalue weighted by Gasteiger charge is 2.11. The summed E-state index contributed by atoms with van der Waals surface area (Å²) in [6, 6.07) is 7.41. The summed E-state index contributed by atoms with van der Waals surface area (Å²) in [5.74, 6) is 0.255. The minimum absolute atomic E-state index is 0.0264. The van der Waals surface area contributed by atoms with Crippen molar-refractivity contribution in [2.24, 2.45) is 0 Å². The van der Waals surface area contributed by atoms with Crippen LogP contribution in [0.2, 0.25) is 0 Å². The smallest absolute Gasteiger partial charge is 0.236 e. The van der Waals surface area contributed by atoms with E-state index in [9.17, 15) is 9.90 Å². The van der Waals surface area contributed by atoms with E-state index in [1.54, 1.807) is 24.1 Å². The molecule has 0 saturated carbocycles. The fourth-order valence-corrected chi connectivity index (χ4v) is 1.53. The number of para-hydroxylation sites is 1. The standard InChI is InChI=1S/C14H22N2O2/c1-4-11(2)15-9-14(18)16(3)10-12-7-5-6-8-13(12)17/h5-8,11,15,17H,4,9-10H2,1-3H3. The summed E-state index contributed by atoms with van der Waals surface area (Å²) in [6.45, 7) is 4.89. The van der Waals surface area contributed by atoms with E-state index in [0.717, 1.165) is 12.0 Å². The first-order valence-electron chi connectivity index (χ1n) is 6.28. The van der Waals surface area contributed by atoms with Gasteiger partial charge in [0.05, 0.1) is 6.54 Å². The predicted octanol–water partition coefficient (Wildman–Crippen LogP) is 1.74. The second-order valence-electron chi connectivity index (χ2n) is 4.57. The van der Waals surface area contributed by atoms with Gasteiger partial charge < -0.3 is 15.3 Å². The fraction of sp³-hybridized carbons (Fsp3) is 0.500. The van der Waals surface area contributed by atoms with Crippen LogP contribution in [0.4, 0.5) is 0 Å². The molecule has 0 aliphatic heterocycles. The molecule has 0 aliphatic rings. The molecule has 2 N–H and O–H groups in total. The Hall–Kier alpha value is -1.55. The van der Waals surface area contributed by atoms with Crippen molar-refractivity contribution < 1.29 is 9.90 Å². The SMILES string of the molecule is CCC(C)NCC(=O)N(C)Cc1ccccc1O. The van der Waals surface area contributed by atoms with Crippen LogP contribution in [0.15, 0.2) is 24.3 Å². The van der Waals surface area contributed by atoms with Gasteiger partial charge in [-0.05, 0) is 19.4 Å². The first-order chi connectivity index (χ1) is 8.54. The molecule has 0 saturated heterocycles. The second-order valence-corrected chi connectivity index (χ2v) is 4.57. The predicted molar refractivity (Wildman–Crippen MR) is 72.3 cm³/mol. The summed E-state index contributed by atoms with van der Waals surface area (Å²) in [5.41, 5.74) is 0.761. The first kappa shape index (κ1) is 14.5. The quantitative estimate of drug-likeness (QED) is 0.808. The van der Waals surface area contributed by atoms with E-state index in [-0.39, 0.29) is 11.7 Å². The number of carbonyl (C=O) groups excluding carboxylic acids is 1. The lowest BCUT2D eigenvalue weighted by atomic mass is 10.2. The van der Waals surface area contributed by atoms with Gasteiger partial charge in [-0.1, -0.05) is 25.1 Å². The van der Waals surface area contributed by atoms with Gasteiger partial charge in [0.25, 0.3) is 0 Å². The number of aromatic hydroxyl groups is 1. The number of phenols is 1. The fourth-order valence-electron chi connectivity index (χ4n) is 1.53. The Morgan fingerprint density at radius 1 is 1.44 bits per heavy atom. The van der Waals surface area contributed by atoms with Crippen molar-refractivity contribution in [1.82, 2.24) is 10.2 Å². The maximum Gasteiger partial charge on any atom is 0.236 e. The van der Waals surface area contributed by atoms with Crippen molar-refractivity contribution in [3.8, 4) is 5.75 Å². The van der Waals surface area contributed by atoms with E-state index in [1.807, 2.05) is 12.1 Å². The maximum absolute atomic E-state index is 11.9. The number of hydrogen-bond donors (Lipinski definition) is 2. The first-order valence-corrected chi connectivity index (χ1v) is 6.28. The average molecular weight is 250 g/mol. The van der Waals surface area contributed by atoms with Crippen LogP contribution in [0.3, 0.4) is 0 Å². The monoisotopic (exact) mass is 250 g/mol. The lowest BCUT2D eigenvalue weighted by Gasteiger charge is -2.19. The molecule has 0 fully saturated rings. The van der Waals surface area contributed by atoms with E-state index < -0.39 is 0 Å². The average Bonchev–Trinajstić information content (AvgIpc) is 2.38. The molecule has 1 rings (SSSR count). The molecule has 1 unspecified atom stereocenters. The largest absolute Gasteiger partial charge is 0.508 e. The van der Waals surface area contributed by atoms with Gasteiger partial charge in [-0.3, -0.25) is 4.79 Å². The molecule has 0 radical (unpaired) electrons. The number of amides is 1. The highest BCUT2D eigenvalue weighted by Crippen LogP contribution is 2.16. The van der Waals surface area contributed by atoms with Crippen LogP contribution in [0, 0.1) is 0 Å². The molecular weight excluding hydrogens is 228 g/mol. The Labute approximate surface area is 109 Å². The third kappa shape index (κ3) is 4.37. The van der Waals surface area contributed by atoms with Crippen LogP contribution in [-0.4, -0.2) is 35.5 Å². The molecule has 0 heterocycles. The number of benzene rings is 1. The number of rotatable bonds is 6. The molecule has 1 atom stereocenters. The summed E-state index contributed by atoms with van der Waals surface area (Å²) < 4.78 is 0. The molecule has 0 bridgehead atoms.